The Hall–Kier alpha value is -4.28. The van der Waals surface area contributed by atoms with Gasteiger partial charge in [0.2, 0.25) is 5.91 Å². The molecule has 0 unspecified atom stereocenters. The van der Waals surface area contributed by atoms with E-state index in [1.807, 2.05) is 44.2 Å². The molecule has 2 N–H and O–H groups in total. The number of carbonyl (C=O) groups is 3. The molecule has 0 spiro atoms. The van der Waals surface area contributed by atoms with E-state index in [4.69, 9.17) is 9.47 Å². The van der Waals surface area contributed by atoms with E-state index in [0.717, 1.165) is 24.8 Å². The summed E-state index contributed by atoms with van der Waals surface area (Å²) in [5.41, 5.74) is 2.20. The van der Waals surface area contributed by atoms with Crippen LogP contribution in [-0.2, 0) is 16.0 Å². The van der Waals surface area contributed by atoms with Crippen molar-refractivity contribution in [2.45, 2.75) is 64.7 Å². The van der Waals surface area contributed by atoms with E-state index in [2.05, 4.69) is 10.3 Å². The van der Waals surface area contributed by atoms with Crippen LogP contribution in [0.4, 0.5) is 5.69 Å². The number of amides is 3. The molecule has 0 saturated carbocycles. The van der Waals surface area contributed by atoms with E-state index < -0.39 is 6.04 Å². The van der Waals surface area contributed by atoms with Crippen LogP contribution in [0.1, 0.15) is 66.3 Å². The fourth-order valence-electron chi connectivity index (χ4n) is 5.52. The predicted molar refractivity (Wildman–Crippen MR) is 177 cm³/mol. The minimum absolute atomic E-state index is 0.143. The molecular formula is C36H46N4O6. The molecule has 10 heteroatoms. The summed E-state index contributed by atoms with van der Waals surface area (Å²) in [6.07, 6.45) is 5.27. The molecule has 1 aromatic heterocycles. The Morgan fingerprint density at radius 2 is 1.83 bits per heavy atom. The van der Waals surface area contributed by atoms with Crippen molar-refractivity contribution < 1.29 is 29.0 Å². The van der Waals surface area contributed by atoms with Gasteiger partial charge in [-0.3, -0.25) is 19.4 Å². The third-order valence-electron chi connectivity index (χ3n) is 8.27. The molecule has 0 radical (unpaired) electrons. The molecule has 3 aromatic rings. The Morgan fingerprint density at radius 1 is 1.09 bits per heavy atom. The maximum Gasteiger partial charge on any atom is 0.258 e. The maximum absolute atomic E-state index is 14.3. The summed E-state index contributed by atoms with van der Waals surface area (Å²) in [4.78, 5) is 47.6. The second-order valence-electron chi connectivity index (χ2n) is 12.1. The molecule has 10 nitrogen and oxygen atoms in total. The fraction of sp³-hybridized carbons (Fsp3) is 0.444. The standard InChI is InChI=1S/C36H46N4O6/c1-25-22-40(26(2)24-41)36(44)31-21-30(38-34(42)20-28-11-6-5-7-12-28)13-14-32(31)46-27(3)10-8-9-19-45-33(25)23-39(4)35(43)29-15-17-37-18-16-29/h5-7,11-18,21,25-27,33,41H,8-10,19-20,22-24H2,1-4H3,(H,38,42)/t25-,26+,27+,33+/m0/s1. The quantitative estimate of drug-likeness (QED) is 0.366. The number of ether oxygens (including phenoxy) is 2. The van der Waals surface area contributed by atoms with Crippen LogP contribution in [0.2, 0.25) is 0 Å². The Labute approximate surface area is 271 Å². The third-order valence-corrected chi connectivity index (χ3v) is 8.27. The van der Waals surface area contributed by atoms with Crippen LogP contribution in [-0.4, -0.2) is 89.2 Å². The molecule has 2 heterocycles. The minimum Gasteiger partial charge on any atom is -0.490 e. The van der Waals surface area contributed by atoms with Crippen LogP contribution >= 0.6 is 0 Å². The molecule has 4 rings (SSSR count). The van der Waals surface area contributed by atoms with Crippen LogP contribution in [0.3, 0.4) is 0 Å². The molecule has 0 aliphatic carbocycles. The molecule has 46 heavy (non-hydrogen) atoms. The summed E-state index contributed by atoms with van der Waals surface area (Å²) in [5.74, 6) is -0.435. The number of benzene rings is 2. The summed E-state index contributed by atoms with van der Waals surface area (Å²) in [6, 6.07) is 17.4. The van der Waals surface area contributed by atoms with Crippen molar-refractivity contribution in [1.82, 2.24) is 14.8 Å². The fourth-order valence-corrected chi connectivity index (χ4v) is 5.52. The molecule has 1 aliphatic rings. The van der Waals surface area contributed by atoms with E-state index in [9.17, 15) is 19.5 Å². The number of carbonyl (C=O) groups excluding carboxylic acids is 3. The third kappa shape index (κ3) is 9.61. The second kappa shape index (κ2) is 16.9. The average Bonchev–Trinajstić information content (AvgIpc) is 3.06. The predicted octanol–water partition coefficient (Wildman–Crippen LogP) is 4.83. The van der Waals surface area contributed by atoms with Gasteiger partial charge in [0, 0.05) is 56.3 Å². The summed E-state index contributed by atoms with van der Waals surface area (Å²) < 4.78 is 12.7. The highest BCUT2D eigenvalue weighted by Gasteiger charge is 2.31. The SMILES string of the molecule is C[C@@H]1CCCCO[C@H](CN(C)C(=O)c2ccncc2)[C@@H](C)CN([C@H](C)CO)C(=O)c2cc(NC(=O)Cc3ccccc3)ccc2O1. The van der Waals surface area contributed by atoms with E-state index in [1.54, 1.807) is 66.5 Å². The zero-order valence-electron chi connectivity index (χ0n) is 27.2. The Kier molecular flexibility index (Phi) is 12.7. The normalized spacial score (nSPS) is 20.1. The molecule has 246 valence electrons. The van der Waals surface area contributed by atoms with Crippen molar-refractivity contribution in [2.75, 3.05) is 38.7 Å². The van der Waals surface area contributed by atoms with Gasteiger partial charge in [-0.1, -0.05) is 37.3 Å². The highest BCUT2D eigenvalue weighted by molar-refractivity contribution is 6.00. The molecule has 0 bridgehead atoms. The smallest absolute Gasteiger partial charge is 0.258 e. The number of aliphatic hydroxyl groups is 1. The first kappa shape index (κ1) is 34.6. The van der Waals surface area contributed by atoms with Crippen molar-refractivity contribution in [3.8, 4) is 5.75 Å². The van der Waals surface area contributed by atoms with Gasteiger partial charge in [0.1, 0.15) is 5.75 Å². The number of nitrogens with zero attached hydrogens (tertiary/aromatic N) is 3. The van der Waals surface area contributed by atoms with Gasteiger partial charge >= 0.3 is 0 Å². The van der Waals surface area contributed by atoms with Crippen LogP contribution in [0, 0.1) is 5.92 Å². The first-order chi connectivity index (χ1) is 22.2. The zero-order valence-corrected chi connectivity index (χ0v) is 27.2. The van der Waals surface area contributed by atoms with Gasteiger partial charge in [0.05, 0.1) is 36.8 Å². The summed E-state index contributed by atoms with van der Waals surface area (Å²) in [5, 5.41) is 13.1. The number of aromatic nitrogens is 1. The topological polar surface area (TPSA) is 121 Å². The highest BCUT2D eigenvalue weighted by atomic mass is 16.5. The first-order valence-corrected chi connectivity index (χ1v) is 16.0. The number of fused-ring (bicyclic) bond motifs is 1. The van der Waals surface area contributed by atoms with Crippen LogP contribution in [0.25, 0.3) is 0 Å². The molecule has 2 aromatic carbocycles. The van der Waals surface area contributed by atoms with Crippen LogP contribution in [0.5, 0.6) is 5.75 Å². The number of hydrogen-bond donors (Lipinski definition) is 2. The molecule has 1 aliphatic heterocycles. The summed E-state index contributed by atoms with van der Waals surface area (Å²) >= 11 is 0. The van der Waals surface area contributed by atoms with E-state index in [1.165, 1.54) is 0 Å². The van der Waals surface area contributed by atoms with Gasteiger partial charge in [0.25, 0.3) is 11.8 Å². The lowest BCUT2D eigenvalue weighted by molar-refractivity contribution is -0.115. The van der Waals surface area contributed by atoms with Crippen molar-refractivity contribution in [3.05, 3.63) is 89.7 Å². The number of rotatable bonds is 8. The van der Waals surface area contributed by atoms with Gasteiger partial charge in [0.15, 0.2) is 0 Å². The Bertz CT molecular complexity index is 1440. The van der Waals surface area contributed by atoms with E-state index >= 15 is 0 Å². The average molecular weight is 631 g/mol. The second-order valence-corrected chi connectivity index (χ2v) is 12.1. The lowest BCUT2D eigenvalue weighted by atomic mass is 10.0. The first-order valence-electron chi connectivity index (χ1n) is 16.0. The number of anilines is 1. The molecule has 0 fully saturated rings. The number of likely N-dealkylation sites (N-methyl/N-ethyl adjacent to an activating group) is 1. The molecular weight excluding hydrogens is 584 g/mol. The minimum atomic E-state index is -0.513. The van der Waals surface area contributed by atoms with Gasteiger partial charge < -0.3 is 29.7 Å². The van der Waals surface area contributed by atoms with Crippen LogP contribution in [0.15, 0.2) is 73.1 Å². The Morgan fingerprint density at radius 3 is 2.54 bits per heavy atom. The molecule has 4 atom stereocenters. The monoisotopic (exact) mass is 630 g/mol. The van der Waals surface area contributed by atoms with Crippen molar-refractivity contribution >= 4 is 23.4 Å². The van der Waals surface area contributed by atoms with Crippen molar-refractivity contribution in [2.24, 2.45) is 5.92 Å². The van der Waals surface area contributed by atoms with E-state index in [-0.39, 0.29) is 55.4 Å². The number of pyridine rings is 1. The van der Waals surface area contributed by atoms with Gasteiger partial charge in [-0.15, -0.1) is 0 Å². The largest absolute Gasteiger partial charge is 0.490 e. The van der Waals surface area contributed by atoms with E-state index in [0.29, 0.717) is 35.7 Å². The zero-order chi connectivity index (χ0) is 33.1. The molecule has 3 amide bonds. The lowest BCUT2D eigenvalue weighted by Crippen LogP contribution is -2.48. The summed E-state index contributed by atoms with van der Waals surface area (Å²) in [6.45, 7) is 6.60. The highest BCUT2D eigenvalue weighted by Crippen LogP contribution is 2.28. The number of nitrogens with one attached hydrogen (secondary N) is 1. The van der Waals surface area contributed by atoms with Crippen LogP contribution < -0.4 is 10.1 Å². The van der Waals surface area contributed by atoms with Crippen molar-refractivity contribution in [1.29, 1.82) is 0 Å². The Balaban J connectivity index is 1.60. The molecule has 0 saturated heterocycles. The van der Waals surface area contributed by atoms with Crippen molar-refractivity contribution in [3.63, 3.8) is 0 Å². The lowest BCUT2D eigenvalue weighted by Gasteiger charge is -2.36. The summed E-state index contributed by atoms with van der Waals surface area (Å²) in [7, 11) is 1.74. The number of aliphatic hydroxyl groups excluding tert-OH is 1. The maximum atomic E-state index is 14.3. The number of hydrogen-bond acceptors (Lipinski definition) is 7. The van der Waals surface area contributed by atoms with Gasteiger partial charge in [-0.25, -0.2) is 0 Å². The van der Waals surface area contributed by atoms with Gasteiger partial charge in [-0.05, 0) is 69.0 Å². The van der Waals surface area contributed by atoms with Gasteiger partial charge in [-0.2, -0.15) is 0 Å².